The zero-order valence-corrected chi connectivity index (χ0v) is 13.3. The topological polar surface area (TPSA) is 64.8 Å². The molecule has 2 aromatic heterocycles. The first-order valence-corrected chi connectivity index (χ1v) is 8.52. The Balaban J connectivity index is 1.75. The Morgan fingerprint density at radius 2 is 1.96 bits per heavy atom. The van der Waals surface area contributed by atoms with Crippen LogP contribution in [0.15, 0.2) is 35.1 Å². The lowest BCUT2D eigenvalue weighted by molar-refractivity contribution is 0.0964. The van der Waals surface area contributed by atoms with Crippen molar-refractivity contribution in [2.24, 2.45) is 0 Å². The highest BCUT2D eigenvalue weighted by atomic mass is 32.1. The Morgan fingerprint density at radius 3 is 2.78 bits per heavy atom. The van der Waals surface area contributed by atoms with E-state index < -0.39 is 0 Å². The summed E-state index contributed by atoms with van der Waals surface area (Å²) >= 11 is 1.57. The number of nitrogens with zero attached hydrogens (tertiary/aromatic N) is 3. The lowest BCUT2D eigenvalue weighted by Crippen LogP contribution is -2.28. The zero-order chi connectivity index (χ0) is 15.8. The Morgan fingerprint density at radius 1 is 1.17 bits per heavy atom. The first kappa shape index (κ1) is 14.3. The van der Waals surface area contributed by atoms with Crippen LogP contribution < -0.4 is 5.56 Å². The van der Waals surface area contributed by atoms with E-state index >= 15 is 0 Å². The van der Waals surface area contributed by atoms with Crippen LogP contribution in [0, 0.1) is 0 Å². The third-order valence-electron chi connectivity index (χ3n) is 4.23. The van der Waals surface area contributed by atoms with Gasteiger partial charge >= 0.3 is 0 Å². The lowest BCUT2D eigenvalue weighted by Gasteiger charge is -2.10. The predicted molar refractivity (Wildman–Crippen MR) is 89.1 cm³/mol. The molecule has 0 unspecified atom stereocenters. The molecule has 3 aromatic rings. The van der Waals surface area contributed by atoms with Gasteiger partial charge in [0.05, 0.1) is 5.39 Å². The second-order valence-corrected chi connectivity index (χ2v) is 6.82. The van der Waals surface area contributed by atoms with Gasteiger partial charge in [0.15, 0.2) is 10.6 Å². The van der Waals surface area contributed by atoms with Crippen molar-refractivity contribution in [2.45, 2.75) is 32.2 Å². The summed E-state index contributed by atoms with van der Waals surface area (Å²) in [5.74, 6) is -0.134. The van der Waals surface area contributed by atoms with E-state index in [1.807, 2.05) is 6.07 Å². The minimum Gasteiger partial charge on any atom is -0.292 e. The van der Waals surface area contributed by atoms with Gasteiger partial charge in [0.1, 0.15) is 6.54 Å². The molecule has 5 nitrogen and oxygen atoms in total. The summed E-state index contributed by atoms with van der Waals surface area (Å²) in [6.45, 7) is -0.0730. The highest BCUT2D eigenvalue weighted by Crippen LogP contribution is 2.33. The molecule has 0 N–H and O–H groups in total. The molecule has 0 fully saturated rings. The zero-order valence-electron chi connectivity index (χ0n) is 12.5. The summed E-state index contributed by atoms with van der Waals surface area (Å²) in [6.07, 6.45) is 4.19. The molecule has 0 aliphatic heterocycles. The van der Waals surface area contributed by atoms with Crippen molar-refractivity contribution in [2.75, 3.05) is 0 Å². The van der Waals surface area contributed by atoms with Gasteiger partial charge in [-0.05, 0) is 31.2 Å². The number of Topliss-reactive ketones (excluding diaryl/α,β-unsaturated/α-hetero) is 1. The van der Waals surface area contributed by atoms with Gasteiger partial charge in [-0.25, -0.2) is 4.68 Å². The number of carbonyl (C=O) groups is 1. The van der Waals surface area contributed by atoms with Crippen LogP contribution in [0.1, 0.15) is 33.6 Å². The van der Waals surface area contributed by atoms with E-state index in [9.17, 15) is 9.59 Å². The summed E-state index contributed by atoms with van der Waals surface area (Å²) < 4.78 is 1.19. The monoisotopic (exact) mass is 325 g/mol. The number of aromatic nitrogens is 3. The molecule has 1 aliphatic rings. The van der Waals surface area contributed by atoms with E-state index in [1.54, 1.807) is 35.6 Å². The molecule has 23 heavy (non-hydrogen) atoms. The molecule has 0 amide bonds. The highest BCUT2D eigenvalue weighted by molar-refractivity contribution is 7.18. The maximum atomic E-state index is 12.7. The highest BCUT2D eigenvalue weighted by Gasteiger charge is 2.21. The van der Waals surface area contributed by atoms with E-state index in [2.05, 4.69) is 10.3 Å². The van der Waals surface area contributed by atoms with Gasteiger partial charge in [0, 0.05) is 10.4 Å². The van der Waals surface area contributed by atoms with Gasteiger partial charge in [0.2, 0.25) is 0 Å². The summed E-state index contributed by atoms with van der Waals surface area (Å²) in [7, 11) is 0. The van der Waals surface area contributed by atoms with Crippen molar-refractivity contribution in [3.05, 3.63) is 56.7 Å². The Kier molecular flexibility index (Phi) is 3.53. The fourth-order valence-corrected chi connectivity index (χ4v) is 4.26. The van der Waals surface area contributed by atoms with E-state index in [0.717, 1.165) is 31.2 Å². The van der Waals surface area contributed by atoms with Crippen LogP contribution in [0.2, 0.25) is 0 Å². The number of ketones is 1. The SMILES string of the molecule is O=C(Cn1nnc2sc3c(c2c1=O)CCCC3)c1ccccc1. The molecule has 6 heteroatoms. The summed E-state index contributed by atoms with van der Waals surface area (Å²) in [4.78, 5) is 27.0. The van der Waals surface area contributed by atoms with Crippen molar-refractivity contribution in [1.29, 1.82) is 0 Å². The largest absolute Gasteiger partial charge is 0.292 e. The summed E-state index contributed by atoms with van der Waals surface area (Å²) in [5.41, 5.74) is 1.50. The summed E-state index contributed by atoms with van der Waals surface area (Å²) in [5, 5.41) is 8.80. The number of rotatable bonds is 3. The van der Waals surface area contributed by atoms with Crippen LogP contribution >= 0.6 is 11.3 Å². The lowest BCUT2D eigenvalue weighted by atomic mass is 9.97. The van der Waals surface area contributed by atoms with Gasteiger partial charge in [-0.15, -0.1) is 16.4 Å². The molecular weight excluding hydrogens is 310 g/mol. The average molecular weight is 325 g/mol. The maximum Gasteiger partial charge on any atom is 0.279 e. The number of hydrogen-bond donors (Lipinski definition) is 0. The van der Waals surface area contributed by atoms with Crippen molar-refractivity contribution in [3.63, 3.8) is 0 Å². The van der Waals surface area contributed by atoms with Crippen LogP contribution in [-0.4, -0.2) is 20.8 Å². The number of hydrogen-bond acceptors (Lipinski definition) is 5. The van der Waals surface area contributed by atoms with Gasteiger partial charge in [-0.3, -0.25) is 9.59 Å². The smallest absolute Gasteiger partial charge is 0.279 e. The van der Waals surface area contributed by atoms with E-state index in [0.29, 0.717) is 15.8 Å². The molecule has 0 saturated heterocycles. The maximum absolute atomic E-state index is 12.7. The fraction of sp³-hybridized carbons (Fsp3) is 0.294. The molecule has 116 valence electrons. The third-order valence-corrected chi connectivity index (χ3v) is 5.41. The van der Waals surface area contributed by atoms with Crippen molar-refractivity contribution in [3.8, 4) is 0 Å². The minimum atomic E-state index is -0.196. The number of aryl methyl sites for hydroxylation is 2. The molecule has 1 aliphatic carbocycles. The van der Waals surface area contributed by atoms with Crippen molar-refractivity contribution < 1.29 is 4.79 Å². The fourth-order valence-electron chi connectivity index (χ4n) is 3.06. The van der Waals surface area contributed by atoms with E-state index in [4.69, 9.17) is 0 Å². The second kappa shape index (κ2) is 5.70. The van der Waals surface area contributed by atoms with Crippen LogP contribution in [0.4, 0.5) is 0 Å². The molecule has 2 heterocycles. The Bertz CT molecular complexity index is 944. The van der Waals surface area contributed by atoms with Gasteiger partial charge in [-0.2, -0.15) is 0 Å². The van der Waals surface area contributed by atoms with Crippen LogP contribution in [0.3, 0.4) is 0 Å². The van der Waals surface area contributed by atoms with E-state index in [1.165, 1.54) is 9.56 Å². The van der Waals surface area contributed by atoms with Crippen LogP contribution in [0.25, 0.3) is 10.2 Å². The van der Waals surface area contributed by atoms with Crippen molar-refractivity contribution >= 4 is 27.3 Å². The Labute approximate surface area is 136 Å². The molecular formula is C17H15N3O2S. The number of fused-ring (bicyclic) bond motifs is 3. The molecule has 0 bridgehead atoms. The van der Waals surface area contributed by atoms with Crippen LogP contribution in [0.5, 0.6) is 0 Å². The standard InChI is InChI=1S/C17H15N3O2S/c21-13(11-6-2-1-3-7-11)10-20-17(22)15-12-8-4-5-9-14(12)23-16(15)18-19-20/h1-3,6-7H,4-5,8-10H2. The normalized spacial score (nSPS) is 13.9. The van der Waals surface area contributed by atoms with E-state index in [-0.39, 0.29) is 17.9 Å². The summed E-state index contributed by atoms with van der Waals surface area (Å²) in [6, 6.07) is 8.95. The predicted octanol–water partition coefficient (Wildman–Crippen LogP) is 2.61. The first-order chi connectivity index (χ1) is 11.2. The number of carbonyl (C=O) groups excluding carboxylic acids is 1. The van der Waals surface area contributed by atoms with Crippen molar-refractivity contribution in [1.82, 2.24) is 15.0 Å². The average Bonchev–Trinajstić information content (AvgIpc) is 2.97. The van der Waals surface area contributed by atoms with Crippen LogP contribution in [-0.2, 0) is 19.4 Å². The molecule has 1 aromatic carbocycles. The van der Waals surface area contributed by atoms with Gasteiger partial charge in [-0.1, -0.05) is 35.5 Å². The number of thiophene rings is 1. The molecule has 4 rings (SSSR count). The second-order valence-electron chi connectivity index (χ2n) is 5.73. The first-order valence-electron chi connectivity index (χ1n) is 7.70. The number of benzene rings is 1. The molecule has 0 saturated carbocycles. The molecule has 0 radical (unpaired) electrons. The quantitative estimate of drug-likeness (QED) is 0.694. The molecule has 0 spiro atoms. The van der Waals surface area contributed by atoms with Gasteiger partial charge < -0.3 is 0 Å². The third kappa shape index (κ3) is 2.49. The van der Waals surface area contributed by atoms with Gasteiger partial charge in [0.25, 0.3) is 5.56 Å². The minimum absolute atomic E-state index is 0.0730. The molecule has 0 atom stereocenters. The Hall–Kier alpha value is -2.34.